The third-order valence-electron chi connectivity index (χ3n) is 7.12. The standard InChI is InChI=1S/C30H43BN2O6/c1-19-14-20(2)16-22(15-19)26(35)33(18-28(3,4)5)32-25(34)21-12-13-24(23(17-21)27(36-10)37-11)31-38-29(6,7)30(8,9)39-31/h12-17,27H,18H2,1-11H3,(H,32,34). The number of carbonyl (C=O) groups excluding carboxylic acids is 2. The topological polar surface area (TPSA) is 86.3 Å². The van der Waals surface area contributed by atoms with Crippen molar-refractivity contribution >= 4 is 24.4 Å². The first-order chi connectivity index (χ1) is 18.0. The van der Waals surface area contributed by atoms with E-state index in [1.54, 1.807) is 18.2 Å². The van der Waals surface area contributed by atoms with Gasteiger partial charge in [0.2, 0.25) is 0 Å². The number of methoxy groups -OCH3 is 2. The van der Waals surface area contributed by atoms with Crippen molar-refractivity contribution in [1.82, 2.24) is 10.4 Å². The van der Waals surface area contributed by atoms with Crippen LogP contribution in [0.1, 0.15) is 92.2 Å². The van der Waals surface area contributed by atoms with Crippen LogP contribution >= 0.6 is 0 Å². The minimum atomic E-state index is -0.755. The van der Waals surface area contributed by atoms with Gasteiger partial charge in [0.15, 0.2) is 6.29 Å². The Balaban J connectivity index is 1.97. The summed E-state index contributed by atoms with van der Waals surface area (Å²) in [7, 11) is 2.39. The van der Waals surface area contributed by atoms with E-state index in [0.717, 1.165) is 11.1 Å². The Morgan fingerprint density at radius 1 is 0.923 bits per heavy atom. The van der Waals surface area contributed by atoms with E-state index in [2.05, 4.69) is 5.43 Å². The van der Waals surface area contributed by atoms with Crippen molar-refractivity contribution in [2.24, 2.45) is 5.41 Å². The Labute approximate surface area is 233 Å². The van der Waals surface area contributed by atoms with Crippen LogP contribution in [0.15, 0.2) is 36.4 Å². The highest BCUT2D eigenvalue weighted by atomic mass is 16.7. The molecule has 1 saturated heterocycles. The van der Waals surface area contributed by atoms with Crippen molar-refractivity contribution in [3.05, 3.63) is 64.2 Å². The maximum atomic E-state index is 13.6. The van der Waals surface area contributed by atoms with Crippen molar-refractivity contribution in [2.45, 2.75) is 79.8 Å². The summed E-state index contributed by atoms with van der Waals surface area (Å²) in [6.45, 7) is 18.2. The van der Waals surface area contributed by atoms with Crippen LogP contribution in [0.5, 0.6) is 0 Å². The lowest BCUT2D eigenvalue weighted by Crippen LogP contribution is -2.50. The van der Waals surface area contributed by atoms with Gasteiger partial charge in [0.25, 0.3) is 11.8 Å². The Morgan fingerprint density at radius 3 is 1.95 bits per heavy atom. The second kappa shape index (κ2) is 11.4. The molecule has 9 heteroatoms. The summed E-state index contributed by atoms with van der Waals surface area (Å²) in [5.41, 5.74) is 5.64. The lowest BCUT2D eigenvalue weighted by atomic mass is 9.75. The zero-order valence-electron chi connectivity index (χ0n) is 25.2. The third-order valence-corrected chi connectivity index (χ3v) is 7.12. The molecule has 39 heavy (non-hydrogen) atoms. The number of nitrogens with zero attached hydrogens (tertiary/aromatic N) is 1. The summed E-state index contributed by atoms with van der Waals surface area (Å²) < 4.78 is 23.6. The molecule has 1 fully saturated rings. The fourth-order valence-electron chi connectivity index (χ4n) is 4.53. The number of ether oxygens (including phenoxy) is 2. The number of hydrogen-bond acceptors (Lipinski definition) is 6. The molecule has 1 N–H and O–H groups in total. The summed E-state index contributed by atoms with van der Waals surface area (Å²) in [6.07, 6.45) is -0.755. The molecule has 0 bridgehead atoms. The van der Waals surface area contributed by atoms with Gasteiger partial charge < -0.3 is 18.8 Å². The second-order valence-electron chi connectivity index (χ2n) is 12.5. The molecule has 1 heterocycles. The number of amides is 2. The highest BCUT2D eigenvalue weighted by molar-refractivity contribution is 6.62. The van der Waals surface area contributed by atoms with Gasteiger partial charge in [-0.05, 0) is 76.7 Å². The Hall–Kier alpha value is -2.72. The first-order valence-corrected chi connectivity index (χ1v) is 13.2. The van der Waals surface area contributed by atoms with E-state index >= 15 is 0 Å². The lowest BCUT2D eigenvalue weighted by Gasteiger charge is -2.32. The number of carbonyl (C=O) groups is 2. The van der Waals surface area contributed by atoms with Crippen LogP contribution in [0.25, 0.3) is 0 Å². The van der Waals surface area contributed by atoms with Crippen molar-refractivity contribution in [3.8, 4) is 0 Å². The summed E-state index contributed by atoms with van der Waals surface area (Å²) in [5, 5.41) is 1.39. The van der Waals surface area contributed by atoms with E-state index in [1.807, 2.05) is 80.5 Å². The summed E-state index contributed by atoms with van der Waals surface area (Å²) in [5.74, 6) is -0.699. The molecule has 0 radical (unpaired) electrons. The van der Waals surface area contributed by atoms with Crippen LogP contribution in [0, 0.1) is 19.3 Å². The molecule has 0 unspecified atom stereocenters. The smallest absolute Gasteiger partial charge is 0.399 e. The summed E-state index contributed by atoms with van der Waals surface area (Å²) in [4.78, 5) is 27.1. The molecule has 1 aliphatic heterocycles. The van der Waals surface area contributed by atoms with Gasteiger partial charge in [-0.3, -0.25) is 15.0 Å². The van der Waals surface area contributed by atoms with Gasteiger partial charge in [-0.15, -0.1) is 0 Å². The van der Waals surface area contributed by atoms with Gasteiger partial charge in [0.05, 0.1) is 11.2 Å². The molecule has 8 nitrogen and oxygen atoms in total. The van der Waals surface area contributed by atoms with Gasteiger partial charge >= 0.3 is 7.12 Å². The molecule has 212 valence electrons. The summed E-state index contributed by atoms with van der Waals surface area (Å²) >= 11 is 0. The molecule has 0 spiro atoms. The molecule has 3 rings (SSSR count). The minimum absolute atomic E-state index is 0.259. The van der Waals surface area contributed by atoms with E-state index in [9.17, 15) is 9.59 Å². The third kappa shape index (κ3) is 7.08. The first-order valence-electron chi connectivity index (χ1n) is 13.2. The molecule has 0 aliphatic carbocycles. The van der Waals surface area contributed by atoms with Crippen molar-refractivity contribution < 1.29 is 28.4 Å². The zero-order valence-corrected chi connectivity index (χ0v) is 25.2. The van der Waals surface area contributed by atoms with E-state index < -0.39 is 30.5 Å². The average molecular weight is 538 g/mol. The van der Waals surface area contributed by atoms with E-state index in [-0.39, 0.29) is 11.3 Å². The molecular formula is C30H43BN2O6. The highest BCUT2D eigenvalue weighted by Gasteiger charge is 2.52. The van der Waals surface area contributed by atoms with E-state index in [4.69, 9.17) is 18.8 Å². The fourth-order valence-corrected chi connectivity index (χ4v) is 4.53. The quantitative estimate of drug-likeness (QED) is 0.312. The number of nitrogens with one attached hydrogen (secondary N) is 1. The molecule has 2 amide bonds. The lowest BCUT2D eigenvalue weighted by molar-refractivity contribution is -0.105. The van der Waals surface area contributed by atoms with E-state index in [1.165, 1.54) is 19.2 Å². The largest absolute Gasteiger partial charge is 0.495 e. The second-order valence-corrected chi connectivity index (χ2v) is 12.5. The fraction of sp³-hybridized carbons (Fsp3) is 0.533. The van der Waals surface area contributed by atoms with Crippen LogP contribution in [-0.4, -0.2) is 55.9 Å². The zero-order chi connectivity index (χ0) is 29.3. The van der Waals surface area contributed by atoms with Gasteiger partial charge in [0, 0.05) is 37.5 Å². The van der Waals surface area contributed by atoms with Gasteiger partial charge in [-0.1, -0.05) is 44.0 Å². The minimum Gasteiger partial charge on any atom is -0.399 e. The highest BCUT2D eigenvalue weighted by Crippen LogP contribution is 2.37. The normalized spacial score (nSPS) is 16.5. The van der Waals surface area contributed by atoms with Crippen molar-refractivity contribution in [3.63, 3.8) is 0 Å². The van der Waals surface area contributed by atoms with Crippen LogP contribution in [-0.2, 0) is 18.8 Å². The van der Waals surface area contributed by atoms with Crippen LogP contribution in [0.3, 0.4) is 0 Å². The van der Waals surface area contributed by atoms with Crippen LogP contribution < -0.4 is 10.9 Å². The van der Waals surface area contributed by atoms with Crippen molar-refractivity contribution in [1.29, 1.82) is 0 Å². The Kier molecular flexibility index (Phi) is 9.02. The summed E-state index contributed by atoms with van der Waals surface area (Å²) in [6, 6.07) is 10.8. The predicted molar refractivity (Wildman–Crippen MR) is 153 cm³/mol. The molecule has 0 aromatic heterocycles. The van der Waals surface area contributed by atoms with Gasteiger partial charge in [-0.25, -0.2) is 5.01 Å². The van der Waals surface area contributed by atoms with Gasteiger partial charge in [0.1, 0.15) is 0 Å². The van der Waals surface area contributed by atoms with Crippen molar-refractivity contribution in [2.75, 3.05) is 20.8 Å². The van der Waals surface area contributed by atoms with Gasteiger partial charge in [-0.2, -0.15) is 0 Å². The van der Waals surface area contributed by atoms with E-state index in [0.29, 0.717) is 28.7 Å². The van der Waals surface area contributed by atoms with Crippen LogP contribution in [0.2, 0.25) is 0 Å². The molecule has 0 atom stereocenters. The number of hydrazine groups is 1. The molecular weight excluding hydrogens is 495 g/mol. The Morgan fingerprint density at radius 2 is 1.46 bits per heavy atom. The average Bonchev–Trinajstić information content (AvgIpc) is 3.03. The molecule has 0 saturated carbocycles. The first kappa shape index (κ1) is 30.8. The SMILES string of the molecule is COC(OC)c1cc(C(=O)NN(CC(C)(C)C)C(=O)c2cc(C)cc(C)c2)ccc1B1OC(C)(C)C(C)(C)O1. The predicted octanol–water partition coefficient (Wildman–Crippen LogP) is 4.73. The van der Waals surface area contributed by atoms with Crippen LogP contribution in [0.4, 0.5) is 0 Å². The number of aryl methyl sites for hydroxylation is 2. The number of benzene rings is 2. The maximum absolute atomic E-state index is 13.6. The molecule has 2 aromatic rings. The molecule has 2 aromatic carbocycles. The number of hydrogen-bond donors (Lipinski definition) is 1. The number of rotatable bonds is 7. The monoisotopic (exact) mass is 538 g/mol. The Bertz CT molecular complexity index is 1180. The molecule has 1 aliphatic rings. The maximum Gasteiger partial charge on any atom is 0.495 e.